The fourth-order valence-electron chi connectivity index (χ4n) is 1.38. The SMILES string of the molecule is Cc1[nH]c2cccc(=S)n2c1C. The molecule has 2 aromatic heterocycles. The number of hydrogen-bond acceptors (Lipinski definition) is 1. The summed E-state index contributed by atoms with van der Waals surface area (Å²) < 4.78 is 2.90. The summed E-state index contributed by atoms with van der Waals surface area (Å²) in [6.45, 7) is 4.12. The molecule has 2 heterocycles. The van der Waals surface area contributed by atoms with Crippen LogP contribution in [0.1, 0.15) is 11.4 Å². The molecule has 0 atom stereocenters. The lowest BCUT2D eigenvalue weighted by atomic mass is 10.4. The Balaban J connectivity index is 3.07. The summed E-state index contributed by atoms with van der Waals surface area (Å²) in [6, 6.07) is 5.92. The number of pyridine rings is 1. The Labute approximate surface area is 75.9 Å². The van der Waals surface area contributed by atoms with Gasteiger partial charge in [0.1, 0.15) is 10.3 Å². The Bertz CT molecular complexity index is 479. The van der Waals surface area contributed by atoms with E-state index >= 15 is 0 Å². The first-order valence-corrected chi connectivity index (χ1v) is 4.28. The number of aromatic amines is 1. The first-order chi connectivity index (χ1) is 5.70. The van der Waals surface area contributed by atoms with Crippen LogP contribution in [0.15, 0.2) is 18.2 Å². The van der Waals surface area contributed by atoms with E-state index in [-0.39, 0.29) is 0 Å². The van der Waals surface area contributed by atoms with Crippen LogP contribution in [0, 0.1) is 18.5 Å². The lowest BCUT2D eigenvalue weighted by molar-refractivity contribution is 1.08. The average Bonchev–Trinajstić information content (AvgIpc) is 2.29. The van der Waals surface area contributed by atoms with Crippen LogP contribution in [0.25, 0.3) is 5.65 Å². The van der Waals surface area contributed by atoms with E-state index in [0.29, 0.717) is 0 Å². The van der Waals surface area contributed by atoms with Crippen molar-refractivity contribution in [2.45, 2.75) is 13.8 Å². The number of H-pyrrole nitrogens is 1. The standard InChI is InChI=1S/C9H10N2S/c1-6-7(2)11-8(10-6)4-3-5-9(11)12/h3-5,10H,1-2H3. The smallest absolute Gasteiger partial charge is 0.115 e. The highest BCUT2D eigenvalue weighted by Crippen LogP contribution is 2.10. The number of aromatic nitrogens is 2. The van der Waals surface area contributed by atoms with E-state index in [4.69, 9.17) is 12.2 Å². The molecule has 1 N–H and O–H groups in total. The molecule has 2 rings (SSSR count). The van der Waals surface area contributed by atoms with Gasteiger partial charge in [-0.25, -0.2) is 0 Å². The first-order valence-electron chi connectivity index (χ1n) is 3.87. The molecule has 2 nitrogen and oxygen atoms in total. The van der Waals surface area contributed by atoms with Gasteiger partial charge in [0, 0.05) is 11.4 Å². The molecule has 62 valence electrons. The van der Waals surface area contributed by atoms with E-state index in [9.17, 15) is 0 Å². The van der Waals surface area contributed by atoms with Gasteiger partial charge in [0.2, 0.25) is 0 Å². The zero-order chi connectivity index (χ0) is 8.72. The molecule has 0 saturated carbocycles. The van der Waals surface area contributed by atoms with Gasteiger partial charge in [0.25, 0.3) is 0 Å². The molecule has 0 saturated heterocycles. The Morgan fingerprint density at radius 3 is 2.75 bits per heavy atom. The first kappa shape index (κ1) is 7.55. The summed E-state index contributed by atoms with van der Waals surface area (Å²) in [5.74, 6) is 0. The van der Waals surface area contributed by atoms with Gasteiger partial charge in [-0.2, -0.15) is 0 Å². The van der Waals surface area contributed by atoms with Crippen LogP contribution in [0.3, 0.4) is 0 Å². The Hall–Kier alpha value is -1.09. The van der Waals surface area contributed by atoms with Crippen LogP contribution < -0.4 is 0 Å². The van der Waals surface area contributed by atoms with E-state index in [0.717, 1.165) is 10.3 Å². The van der Waals surface area contributed by atoms with Gasteiger partial charge in [0.05, 0.1) is 0 Å². The van der Waals surface area contributed by atoms with Gasteiger partial charge in [0.15, 0.2) is 0 Å². The minimum atomic E-state index is 0.856. The lowest BCUT2D eigenvalue weighted by Crippen LogP contribution is -1.87. The van der Waals surface area contributed by atoms with Crippen LogP contribution in [0.5, 0.6) is 0 Å². The highest BCUT2D eigenvalue weighted by molar-refractivity contribution is 7.71. The zero-order valence-electron chi connectivity index (χ0n) is 7.09. The number of rotatable bonds is 0. The van der Waals surface area contributed by atoms with Gasteiger partial charge in [-0.3, -0.25) is 4.40 Å². The predicted molar refractivity (Wildman–Crippen MR) is 52.1 cm³/mol. The molecule has 0 aromatic carbocycles. The molecule has 0 spiro atoms. The van der Waals surface area contributed by atoms with Crippen LogP contribution in [0.4, 0.5) is 0 Å². The molecule has 0 unspecified atom stereocenters. The highest BCUT2D eigenvalue weighted by atomic mass is 32.1. The lowest BCUT2D eigenvalue weighted by Gasteiger charge is -1.94. The number of hydrogen-bond donors (Lipinski definition) is 1. The van der Waals surface area contributed by atoms with Crippen LogP contribution in [0.2, 0.25) is 0 Å². The van der Waals surface area contributed by atoms with Crippen LogP contribution >= 0.6 is 12.2 Å². The third-order valence-electron chi connectivity index (χ3n) is 2.15. The van der Waals surface area contributed by atoms with Gasteiger partial charge in [-0.1, -0.05) is 18.3 Å². The minimum absolute atomic E-state index is 0.856. The normalized spacial score (nSPS) is 10.8. The fraction of sp³-hybridized carbons (Fsp3) is 0.222. The van der Waals surface area contributed by atoms with Crippen molar-refractivity contribution in [2.24, 2.45) is 0 Å². The number of nitrogens with zero attached hydrogens (tertiary/aromatic N) is 1. The number of fused-ring (bicyclic) bond motifs is 1. The van der Waals surface area contributed by atoms with Crippen molar-refractivity contribution in [3.05, 3.63) is 34.2 Å². The quantitative estimate of drug-likeness (QED) is 0.615. The van der Waals surface area contributed by atoms with Gasteiger partial charge in [-0.05, 0) is 26.0 Å². The average molecular weight is 178 g/mol. The summed E-state index contributed by atoms with van der Waals surface area (Å²) in [5, 5.41) is 0. The molecular formula is C9H10N2S. The topological polar surface area (TPSA) is 20.2 Å². The van der Waals surface area contributed by atoms with Crippen molar-refractivity contribution >= 4 is 17.9 Å². The van der Waals surface area contributed by atoms with Crippen molar-refractivity contribution in [2.75, 3.05) is 0 Å². The van der Waals surface area contributed by atoms with E-state index in [1.54, 1.807) is 0 Å². The Morgan fingerprint density at radius 1 is 1.33 bits per heavy atom. The molecule has 12 heavy (non-hydrogen) atoms. The molecular weight excluding hydrogens is 168 g/mol. The van der Waals surface area contributed by atoms with Crippen molar-refractivity contribution in [1.82, 2.24) is 9.38 Å². The monoisotopic (exact) mass is 178 g/mol. The van der Waals surface area contributed by atoms with Crippen LogP contribution in [-0.4, -0.2) is 9.38 Å². The third kappa shape index (κ3) is 0.898. The molecule has 0 aliphatic rings. The largest absolute Gasteiger partial charge is 0.344 e. The molecule has 0 aliphatic carbocycles. The van der Waals surface area contributed by atoms with Crippen LogP contribution in [-0.2, 0) is 0 Å². The van der Waals surface area contributed by atoms with Gasteiger partial charge < -0.3 is 4.98 Å². The predicted octanol–water partition coefficient (Wildman–Crippen LogP) is 2.61. The minimum Gasteiger partial charge on any atom is -0.344 e. The van der Waals surface area contributed by atoms with Gasteiger partial charge >= 0.3 is 0 Å². The van der Waals surface area contributed by atoms with E-state index in [1.807, 2.05) is 22.6 Å². The Kier molecular flexibility index (Phi) is 1.54. The number of imidazole rings is 1. The van der Waals surface area contributed by atoms with Crippen molar-refractivity contribution in [3.8, 4) is 0 Å². The second-order valence-corrected chi connectivity index (χ2v) is 3.34. The van der Waals surface area contributed by atoms with Crippen molar-refractivity contribution in [3.63, 3.8) is 0 Å². The summed E-state index contributed by atoms with van der Waals surface area (Å²) in [5.41, 5.74) is 3.43. The number of aryl methyl sites for hydroxylation is 2. The third-order valence-corrected chi connectivity index (χ3v) is 2.47. The molecule has 0 fully saturated rings. The zero-order valence-corrected chi connectivity index (χ0v) is 7.90. The fourth-order valence-corrected chi connectivity index (χ4v) is 1.70. The number of nitrogens with one attached hydrogen (secondary N) is 1. The molecule has 2 aromatic rings. The summed E-state index contributed by atoms with van der Waals surface area (Å²) in [4.78, 5) is 3.26. The maximum Gasteiger partial charge on any atom is 0.115 e. The molecule has 3 heteroatoms. The molecule has 0 aliphatic heterocycles. The summed E-state index contributed by atoms with van der Waals surface area (Å²) in [7, 11) is 0. The molecule has 0 amide bonds. The maximum atomic E-state index is 5.20. The van der Waals surface area contributed by atoms with Crippen molar-refractivity contribution in [1.29, 1.82) is 0 Å². The van der Waals surface area contributed by atoms with Crippen molar-refractivity contribution < 1.29 is 0 Å². The van der Waals surface area contributed by atoms with Gasteiger partial charge in [-0.15, -0.1) is 0 Å². The second-order valence-electron chi connectivity index (χ2n) is 2.92. The van der Waals surface area contributed by atoms with E-state index < -0.39 is 0 Å². The second kappa shape index (κ2) is 2.45. The van der Waals surface area contributed by atoms with E-state index in [2.05, 4.69) is 18.8 Å². The maximum absolute atomic E-state index is 5.20. The molecule has 0 bridgehead atoms. The summed E-state index contributed by atoms with van der Waals surface area (Å²) in [6.07, 6.45) is 0. The highest BCUT2D eigenvalue weighted by Gasteiger charge is 2.01. The summed E-state index contributed by atoms with van der Waals surface area (Å²) >= 11 is 5.20. The van der Waals surface area contributed by atoms with E-state index in [1.165, 1.54) is 11.4 Å². The Morgan fingerprint density at radius 2 is 2.08 bits per heavy atom. The molecule has 0 radical (unpaired) electrons.